The van der Waals surface area contributed by atoms with Crippen LogP contribution in [0.4, 0.5) is 5.69 Å². The van der Waals surface area contributed by atoms with Crippen molar-refractivity contribution in [1.29, 1.82) is 0 Å². The Bertz CT molecular complexity index is 1070. The molecular formula is C24H20ClNO2. The van der Waals surface area contributed by atoms with Crippen LogP contribution in [0.25, 0.3) is 23.3 Å². The fourth-order valence-corrected chi connectivity index (χ4v) is 3.66. The minimum Gasteiger partial charge on any atom is -0.497 e. The molecule has 1 aliphatic heterocycles. The van der Waals surface area contributed by atoms with Gasteiger partial charge in [-0.25, -0.2) is 0 Å². The van der Waals surface area contributed by atoms with Gasteiger partial charge in [0.05, 0.1) is 19.3 Å². The van der Waals surface area contributed by atoms with Crippen molar-refractivity contribution in [2.75, 3.05) is 12.0 Å². The van der Waals surface area contributed by atoms with Gasteiger partial charge in [-0.3, -0.25) is 4.79 Å². The Labute approximate surface area is 169 Å². The van der Waals surface area contributed by atoms with E-state index in [0.717, 1.165) is 39.3 Å². The van der Waals surface area contributed by atoms with Crippen molar-refractivity contribution < 1.29 is 9.53 Å². The van der Waals surface area contributed by atoms with Gasteiger partial charge in [0.15, 0.2) is 0 Å². The molecule has 0 saturated carbocycles. The highest BCUT2D eigenvalue weighted by atomic mass is 35.5. The van der Waals surface area contributed by atoms with Crippen molar-refractivity contribution >= 4 is 35.3 Å². The first-order chi connectivity index (χ1) is 13.5. The number of nitrogens with zero attached hydrogens (tertiary/aromatic N) is 1. The highest BCUT2D eigenvalue weighted by Gasteiger charge is 2.19. The molecule has 3 nitrogen and oxygen atoms in total. The number of halogens is 1. The van der Waals surface area contributed by atoms with Crippen LogP contribution in [-0.4, -0.2) is 13.0 Å². The van der Waals surface area contributed by atoms with Crippen LogP contribution in [0.3, 0.4) is 0 Å². The van der Waals surface area contributed by atoms with Crippen molar-refractivity contribution in [3.05, 3.63) is 82.4 Å². The standard InChI is InChI=1S/C24H20ClNO2/c1-16(27)26-15-21-6-4-18(17-7-10-23(28-2)11-8-17)13-19(21)3-5-20-14-22(25)9-12-24(20)26/h3-14H,15H2,1-2H3/b5-3-. The first-order valence-corrected chi connectivity index (χ1v) is 9.46. The Morgan fingerprint density at radius 3 is 2.36 bits per heavy atom. The lowest BCUT2D eigenvalue weighted by Gasteiger charge is -2.26. The lowest BCUT2D eigenvalue weighted by molar-refractivity contribution is -0.116. The van der Waals surface area contributed by atoms with Crippen molar-refractivity contribution in [2.24, 2.45) is 0 Å². The highest BCUT2D eigenvalue weighted by Crippen LogP contribution is 2.33. The van der Waals surface area contributed by atoms with Gasteiger partial charge >= 0.3 is 0 Å². The summed E-state index contributed by atoms with van der Waals surface area (Å²) in [5.41, 5.74) is 6.23. The lowest BCUT2D eigenvalue weighted by atomic mass is 9.96. The lowest BCUT2D eigenvalue weighted by Crippen LogP contribution is -2.29. The summed E-state index contributed by atoms with van der Waals surface area (Å²) in [7, 11) is 1.66. The second-order valence-electron chi connectivity index (χ2n) is 6.78. The fourth-order valence-electron chi connectivity index (χ4n) is 3.48. The van der Waals surface area contributed by atoms with Crippen LogP contribution in [0.5, 0.6) is 5.75 Å². The number of methoxy groups -OCH3 is 1. The van der Waals surface area contributed by atoms with E-state index < -0.39 is 0 Å². The van der Waals surface area contributed by atoms with Gasteiger partial charge in [0, 0.05) is 11.9 Å². The number of carbonyl (C=O) groups excluding carboxylic acids is 1. The van der Waals surface area contributed by atoms with Crippen LogP contribution in [-0.2, 0) is 11.3 Å². The maximum absolute atomic E-state index is 12.3. The summed E-state index contributed by atoms with van der Waals surface area (Å²) < 4.78 is 5.24. The minimum absolute atomic E-state index is 0.00375. The van der Waals surface area contributed by atoms with E-state index in [4.69, 9.17) is 16.3 Å². The summed E-state index contributed by atoms with van der Waals surface area (Å²) in [6.07, 6.45) is 4.11. The molecule has 140 valence electrons. The van der Waals surface area contributed by atoms with E-state index in [2.05, 4.69) is 24.3 Å². The zero-order chi connectivity index (χ0) is 19.7. The molecule has 0 radical (unpaired) electrons. The van der Waals surface area contributed by atoms with Crippen LogP contribution < -0.4 is 9.64 Å². The van der Waals surface area contributed by atoms with Crippen molar-refractivity contribution in [1.82, 2.24) is 0 Å². The summed E-state index contributed by atoms with van der Waals surface area (Å²) in [4.78, 5) is 14.1. The maximum atomic E-state index is 12.3. The summed E-state index contributed by atoms with van der Waals surface area (Å²) in [5, 5.41) is 0.652. The molecule has 0 unspecified atom stereocenters. The molecule has 1 amide bonds. The van der Waals surface area contributed by atoms with Crippen LogP contribution in [0.15, 0.2) is 60.7 Å². The molecule has 0 aromatic heterocycles. The molecule has 4 rings (SSSR count). The number of ether oxygens (including phenoxy) is 1. The van der Waals surface area contributed by atoms with E-state index in [1.165, 1.54) is 0 Å². The van der Waals surface area contributed by atoms with Gasteiger partial charge in [0.2, 0.25) is 5.91 Å². The van der Waals surface area contributed by atoms with Gasteiger partial charge in [0.25, 0.3) is 0 Å². The predicted octanol–water partition coefficient (Wildman–Crippen LogP) is 6.05. The van der Waals surface area contributed by atoms with Gasteiger partial charge in [-0.05, 0) is 64.2 Å². The number of hydrogen-bond acceptors (Lipinski definition) is 2. The van der Waals surface area contributed by atoms with Crippen LogP contribution in [0.1, 0.15) is 23.6 Å². The van der Waals surface area contributed by atoms with Crippen LogP contribution in [0, 0.1) is 0 Å². The number of amides is 1. The Morgan fingerprint density at radius 2 is 1.64 bits per heavy atom. The molecule has 3 aromatic carbocycles. The van der Waals surface area contributed by atoms with E-state index in [1.54, 1.807) is 18.9 Å². The quantitative estimate of drug-likeness (QED) is 0.533. The molecule has 1 heterocycles. The molecule has 1 aliphatic rings. The third-order valence-corrected chi connectivity index (χ3v) is 5.24. The Morgan fingerprint density at radius 1 is 0.929 bits per heavy atom. The molecule has 0 fully saturated rings. The molecule has 28 heavy (non-hydrogen) atoms. The van der Waals surface area contributed by atoms with Crippen LogP contribution in [0.2, 0.25) is 5.02 Å². The molecule has 0 aliphatic carbocycles. The van der Waals surface area contributed by atoms with E-state index in [-0.39, 0.29) is 5.91 Å². The molecular weight excluding hydrogens is 370 g/mol. The van der Waals surface area contributed by atoms with E-state index >= 15 is 0 Å². The average Bonchev–Trinajstić information content (AvgIpc) is 2.69. The van der Waals surface area contributed by atoms with Gasteiger partial charge in [-0.15, -0.1) is 0 Å². The zero-order valence-electron chi connectivity index (χ0n) is 15.8. The summed E-state index contributed by atoms with van der Waals surface area (Å²) in [5.74, 6) is 0.838. The average molecular weight is 390 g/mol. The van der Waals surface area contributed by atoms with Crippen molar-refractivity contribution in [2.45, 2.75) is 13.5 Å². The van der Waals surface area contributed by atoms with Crippen molar-refractivity contribution in [3.63, 3.8) is 0 Å². The number of fused-ring (bicyclic) bond motifs is 2. The van der Waals surface area contributed by atoms with Crippen LogP contribution >= 0.6 is 11.6 Å². The van der Waals surface area contributed by atoms with Gasteiger partial charge in [0.1, 0.15) is 5.75 Å². The molecule has 0 atom stereocenters. The maximum Gasteiger partial charge on any atom is 0.224 e. The summed E-state index contributed by atoms with van der Waals surface area (Å²) >= 11 is 6.18. The van der Waals surface area contributed by atoms with Gasteiger partial charge in [-0.1, -0.05) is 48.0 Å². The number of anilines is 1. The third-order valence-electron chi connectivity index (χ3n) is 5.00. The topological polar surface area (TPSA) is 29.5 Å². The smallest absolute Gasteiger partial charge is 0.224 e. The van der Waals surface area contributed by atoms with E-state index in [1.807, 2.05) is 48.5 Å². The molecule has 3 aromatic rings. The van der Waals surface area contributed by atoms with Crippen molar-refractivity contribution in [3.8, 4) is 16.9 Å². The summed E-state index contributed by atoms with van der Waals surface area (Å²) in [6, 6.07) is 20.0. The normalized spacial score (nSPS) is 13.8. The number of benzene rings is 3. The first-order valence-electron chi connectivity index (χ1n) is 9.08. The Balaban J connectivity index is 1.79. The minimum atomic E-state index is 0.00375. The van der Waals surface area contributed by atoms with Gasteiger partial charge in [-0.2, -0.15) is 0 Å². The number of rotatable bonds is 2. The van der Waals surface area contributed by atoms with Gasteiger partial charge < -0.3 is 9.64 Å². The second kappa shape index (κ2) is 7.53. The van der Waals surface area contributed by atoms with E-state index in [9.17, 15) is 4.79 Å². The molecule has 4 heteroatoms. The van der Waals surface area contributed by atoms with E-state index in [0.29, 0.717) is 11.6 Å². The largest absolute Gasteiger partial charge is 0.497 e. The predicted molar refractivity (Wildman–Crippen MR) is 116 cm³/mol. The number of hydrogen-bond donors (Lipinski definition) is 0. The molecule has 0 bridgehead atoms. The monoisotopic (exact) mass is 389 g/mol. The Kier molecular flexibility index (Phi) is 4.93. The highest BCUT2D eigenvalue weighted by molar-refractivity contribution is 6.30. The zero-order valence-corrected chi connectivity index (χ0v) is 16.5. The number of carbonyl (C=O) groups is 1. The fraction of sp³-hybridized carbons (Fsp3) is 0.125. The summed E-state index contributed by atoms with van der Waals surface area (Å²) in [6.45, 7) is 2.11. The Hall–Kier alpha value is -3.04. The molecule has 0 N–H and O–H groups in total. The first kappa shape index (κ1) is 18.3. The third kappa shape index (κ3) is 3.54. The second-order valence-corrected chi connectivity index (χ2v) is 7.22. The molecule has 0 saturated heterocycles. The SMILES string of the molecule is COc1ccc(-c2ccc3c(c2)/C=C\c2cc(Cl)ccc2N(C(C)=O)C3)cc1. The molecule has 0 spiro atoms.